The van der Waals surface area contributed by atoms with E-state index in [0.717, 1.165) is 70.6 Å². The van der Waals surface area contributed by atoms with Gasteiger partial charge in [0.2, 0.25) is 0 Å². The predicted molar refractivity (Wildman–Crippen MR) is 104 cm³/mol. The Bertz CT molecular complexity index is 424. The fourth-order valence-corrected chi connectivity index (χ4v) is 3.33. The van der Waals surface area contributed by atoms with Crippen molar-refractivity contribution in [1.82, 2.24) is 0 Å². The SMILES string of the molecule is CCCCCC[C@H](C/C=C\CCCCCCCC(=O)O)OP(=O)(O)OC. The van der Waals surface area contributed by atoms with Gasteiger partial charge in [0.05, 0.1) is 6.10 Å². The van der Waals surface area contributed by atoms with Crippen molar-refractivity contribution in [3.8, 4) is 0 Å². The van der Waals surface area contributed by atoms with Crippen LogP contribution in [0.2, 0.25) is 0 Å². The molecule has 0 aromatic rings. The number of carbonyl (C=O) groups is 1. The lowest BCUT2D eigenvalue weighted by molar-refractivity contribution is -0.137. The molecule has 0 heterocycles. The molecule has 0 aromatic carbocycles. The van der Waals surface area contributed by atoms with Crippen LogP contribution in [0.5, 0.6) is 0 Å². The maximum Gasteiger partial charge on any atom is 0.472 e. The Morgan fingerprint density at radius 2 is 1.69 bits per heavy atom. The van der Waals surface area contributed by atoms with Crippen molar-refractivity contribution < 1.29 is 28.4 Å². The summed E-state index contributed by atoms with van der Waals surface area (Å²) < 4.78 is 21.4. The number of unbranched alkanes of at least 4 members (excludes halogenated alkanes) is 8. The fourth-order valence-electron chi connectivity index (χ4n) is 2.68. The van der Waals surface area contributed by atoms with Gasteiger partial charge in [-0.3, -0.25) is 13.8 Å². The standard InChI is InChI=1S/C19H37O6P/c1-3-4-5-12-15-18(25-26(22,23)24-2)16-13-10-8-6-7-9-11-14-17-19(20)21/h10,13,18H,3-9,11-12,14-17H2,1-2H3,(H,20,21)(H,22,23)/b13-10-/t18-/m1/s1. The molecule has 0 spiro atoms. The van der Waals surface area contributed by atoms with Gasteiger partial charge < -0.3 is 10.00 Å². The van der Waals surface area contributed by atoms with Gasteiger partial charge in [0.1, 0.15) is 0 Å². The Labute approximate surface area is 158 Å². The van der Waals surface area contributed by atoms with E-state index in [9.17, 15) is 14.3 Å². The average molecular weight is 392 g/mol. The van der Waals surface area contributed by atoms with Gasteiger partial charge >= 0.3 is 13.8 Å². The number of aliphatic carboxylic acids is 1. The summed E-state index contributed by atoms with van der Waals surface area (Å²) in [7, 11) is -2.76. The second-order valence-corrected chi connectivity index (χ2v) is 8.15. The molecule has 0 amide bonds. The van der Waals surface area contributed by atoms with Crippen LogP contribution in [0.15, 0.2) is 12.2 Å². The molecule has 6 nitrogen and oxygen atoms in total. The average Bonchev–Trinajstić information content (AvgIpc) is 2.59. The van der Waals surface area contributed by atoms with Gasteiger partial charge in [-0.05, 0) is 32.1 Å². The van der Waals surface area contributed by atoms with Crippen LogP contribution in [0.1, 0.15) is 90.4 Å². The highest BCUT2D eigenvalue weighted by molar-refractivity contribution is 7.47. The highest BCUT2D eigenvalue weighted by Crippen LogP contribution is 2.44. The molecule has 0 fully saturated rings. The summed E-state index contributed by atoms with van der Waals surface area (Å²) in [6.45, 7) is 2.15. The Kier molecular flexibility index (Phi) is 16.1. The monoisotopic (exact) mass is 392 g/mol. The van der Waals surface area contributed by atoms with Crippen molar-refractivity contribution in [3.05, 3.63) is 12.2 Å². The number of phosphoric ester groups is 1. The third-order valence-electron chi connectivity index (χ3n) is 4.22. The topological polar surface area (TPSA) is 93.1 Å². The van der Waals surface area contributed by atoms with Crippen LogP contribution in [0.4, 0.5) is 0 Å². The molecule has 7 heteroatoms. The molecule has 26 heavy (non-hydrogen) atoms. The second-order valence-electron chi connectivity index (χ2n) is 6.64. The minimum Gasteiger partial charge on any atom is -0.481 e. The van der Waals surface area contributed by atoms with E-state index in [1.165, 1.54) is 7.11 Å². The summed E-state index contributed by atoms with van der Waals surface area (Å²) >= 11 is 0. The number of hydrogen-bond donors (Lipinski definition) is 2. The summed E-state index contributed by atoms with van der Waals surface area (Å²) in [5.41, 5.74) is 0. The summed E-state index contributed by atoms with van der Waals surface area (Å²) in [5, 5.41) is 8.56. The quantitative estimate of drug-likeness (QED) is 0.173. The van der Waals surface area contributed by atoms with Gasteiger partial charge in [-0.25, -0.2) is 4.57 Å². The van der Waals surface area contributed by atoms with Gasteiger partial charge in [0, 0.05) is 13.5 Å². The van der Waals surface area contributed by atoms with Crippen LogP contribution in [-0.2, 0) is 18.4 Å². The highest BCUT2D eigenvalue weighted by Gasteiger charge is 2.24. The Morgan fingerprint density at radius 1 is 1.04 bits per heavy atom. The minimum atomic E-state index is -3.95. The molecule has 0 rings (SSSR count). The maximum atomic E-state index is 11.6. The zero-order chi connectivity index (χ0) is 19.7. The number of carboxylic acid groups (broad SMARTS) is 1. The maximum absolute atomic E-state index is 11.6. The van der Waals surface area contributed by atoms with E-state index in [1.54, 1.807) is 0 Å². The molecule has 2 atom stereocenters. The van der Waals surface area contributed by atoms with Gasteiger partial charge in [-0.15, -0.1) is 0 Å². The van der Waals surface area contributed by atoms with Crippen LogP contribution in [0.3, 0.4) is 0 Å². The Balaban J connectivity index is 3.96. The van der Waals surface area contributed by atoms with E-state index in [0.29, 0.717) is 6.42 Å². The lowest BCUT2D eigenvalue weighted by Crippen LogP contribution is -2.11. The molecule has 0 saturated carbocycles. The van der Waals surface area contributed by atoms with Crippen LogP contribution in [-0.4, -0.2) is 29.2 Å². The number of carboxylic acids is 1. The van der Waals surface area contributed by atoms with E-state index in [4.69, 9.17) is 9.63 Å². The molecule has 154 valence electrons. The number of allylic oxidation sites excluding steroid dienone is 1. The van der Waals surface area contributed by atoms with Crippen molar-refractivity contribution in [2.75, 3.05) is 7.11 Å². The lowest BCUT2D eigenvalue weighted by atomic mass is 10.1. The summed E-state index contributed by atoms with van der Waals surface area (Å²) in [6.07, 6.45) is 15.7. The Hall–Kier alpha value is -0.680. The van der Waals surface area contributed by atoms with E-state index in [-0.39, 0.29) is 12.5 Å². The van der Waals surface area contributed by atoms with Crippen molar-refractivity contribution in [3.63, 3.8) is 0 Å². The first-order valence-electron chi connectivity index (χ1n) is 9.85. The number of phosphoric acid groups is 1. The minimum absolute atomic E-state index is 0.260. The molecule has 0 saturated heterocycles. The van der Waals surface area contributed by atoms with E-state index >= 15 is 0 Å². The second kappa shape index (κ2) is 16.5. The van der Waals surface area contributed by atoms with Crippen LogP contribution >= 0.6 is 7.82 Å². The molecule has 1 unspecified atom stereocenters. The van der Waals surface area contributed by atoms with Crippen molar-refractivity contribution >= 4 is 13.8 Å². The normalized spacial score (nSPS) is 15.2. The molecule has 0 bridgehead atoms. The number of rotatable bonds is 18. The first kappa shape index (κ1) is 25.3. The number of hydrogen-bond acceptors (Lipinski definition) is 4. The highest BCUT2D eigenvalue weighted by atomic mass is 31.2. The lowest BCUT2D eigenvalue weighted by Gasteiger charge is -2.18. The van der Waals surface area contributed by atoms with E-state index in [2.05, 4.69) is 17.5 Å². The molecule has 0 aliphatic carbocycles. The van der Waals surface area contributed by atoms with Crippen LogP contribution in [0, 0.1) is 0 Å². The molecule has 0 aliphatic heterocycles. The van der Waals surface area contributed by atoms with Crippen LogP contribution in [0.25, 0.3) is 0 Å². The fraction of sp³-hybridized carbons (Fsp3) is 0.842. The summed E-state index contributed by atoms with van der Waals surface area (Å²) in [5.74, 6) is -0.722. The van der Waals surface area contributed by atoms with Crippen molar-refractivity contribution in [2.45, 2.75) is 96.5 Å². The first-order chi connectivity index (χ1) is 12.4. The van der Waals surface area contributed by atoms with Gasteiger partial charge in [0.25, 0.3) is 0 Å². The van der Waals surface area contributed by atoms with Gasteiger partial charge in [-0.1, -0.05) is 64.0 Å². The molecule has 0 radical (unpaired) electrons. The zero-order valence-corrected chi connectivity index (χ0v) is 17.3. The summed E-state index contributed by atoms with van der Waals surface area (Å²) in [4.78, 5) is 19.9. The van der Waals surface area contributed by atoms with Gasteiger partial charge in [0.15, 0.2) is 0 Å². The molecular formula is C19H37O6P. The zero-order valence-electron chi connectivity index (χ0n) is 16.4. The molecule has 0 aromatic heterocycles. The van der Waals surface area contributed by atoms with E-state index in [1.807, 2.05) is 6.08 Å². The summed E-state index contributed by atoms with van der Waals surface area (Å²) in [6, 6.07) is 0. The van der Waals surface area contributed by atoms with Crippen molar-refractivity contribution in [1.29, 1.82) is 0 Å². The Morgan fingerprint density at radius 3 is 2.35 bits per heavy atom. The van der Waals surface area contributed by atoms with Crippen molar-refractivity contribution in [2.24, 2.45) is 0 Å². The first-order valence-corrected chi connectivity index (χ1v) is 11.3. The predicted octanol–water partition coefficient (Wildman–Crippen LogP) is 5.85. The van der Waals surface area contributed by atoms with Crippen LogP contribution < -0.4 is 0 Å². The molecule has 2 N–H and O–H groups in total. The third kappa shape index (κ3) is 16.8. The molecular weight excluding hydrogens is 355 g/mol. The van der Waals surface area contributed by atoms with E-state index < -0.39 is 13.8 Å². The smallest absolute Gasteiger partial charge is 0.472 e. The largest absolute Gasteiger partial charge is 0.481 e. The molecule has 0 aliphatic rings. The van der Waals surface area contributed by atoms with Gasteiger partial charge in [-0.2, -0.15) is 0 Å². The third-order valence-corrected chi connectivity index (χ3v) is 5.25.